The molecule has 0 saturated carbocycles. The van der Waals surface area contributed by atoms with Crippen molar-refractivity contribution >= 4 is 36.2 Å². The summed E-state index contributed by atoms with van der Waals surface area (Å²) < 4.78 is 61.7. The Morgan fingerprint density at radius 1 is 1.26 bits per heavy atom. The molecule has 0 fully saturated rings. The van der Waals surface area contributed by atoms with Gasteiger partial charge in [0.2, 0.25) is 13.3 Å². The van der Waals surface area contributed by atoms with E-state index in [1.165, 1.54) is 18.1 Å². The second kappa shape index (κ2) is 11.2. The van der Waals surface area contributed by atoms with Crippen molar-refractivity contribution in [3.8, 4) is 5.75 Å². The number of fused-ring (bicyclic) bond motifs is 1. The minimum Gasteiger partial charge on any atom is -0.493 e. The van der Waals surface area contributed by atoms with Crippen molar-refractivity contribution in [2.45, 2.75) is 49.5 Å². The molecule has 2 heterocycles. The van der Waals surface area contributed by atoms with Gasteiger partial charge >= 0.3 is 6.18 Å². The van der Waals surface area contributed by atoms with Crippen LogP contribution in [0.1, 0.15) is 20.8 Å². The second-order valence-corrected chi connectivity index (χ2v) is 11.8. The Labute approximate surface area is 204 Å². The van der Waals surface area contributed by atoms with Gasteiger partial charge in [-0.05, 0) is 31.0 Å². The van der Waals surface area contributed by atoms with Gasteiger partial charge in [-0.2, -0.15) is 18.2 Å². The molecule has 192 valence electrons. The molecule has 3 rings (SSSR count). The predicted molar refractivity (Wildman–Crippen MR) is 127 cm³/mol. The van der Waals surface area contributed by atoms with Gasteiger partial charge in [0.25, 0.3) is 0 Å². The highest BCUT2D eigenvalue weighted by atomic mass is 32.2. The molecule has 0 aliphatic carbocycles. The van der Waals surface area contributed by atoms with E-state index in [9.17, 15) is 22.6 Å². The minimum atomic E-state index is -4.75. The fraction of sp³-hybridized carbons (Fsp3) is 0.476. The van der Waals surface area contributed by atoms with Crippen LogP contribution in [0.3, 0.4) is 0 Å². The number of hydrogen-bond donors (Lipinski definition) is 2. The van der Waals surface area contributed by atoms with E-state index >= 15 is 0 Å². The largest absolute Gasteiger partial charge is 0.493 e. The van der Waals surface area contributed by atoms with E-state index in [0.29, 0.717) is 28.7 Å². The lowest BCUT2D eigenvalue weighted by Gasteiger charge is -2.18. The van der Waals surface area contributed by atoms with Crippen LogP contribution in [0.15, 0.2) is 40.5 Å². The minimum absolute atomic E-state index is 0.0209. The normalized spacial score (nSPS) is 14.9. The van der Waals surface area contributed by atoms with Crippen LogP contribution in [-0.4, -0.2) is 55.8 Å². The average molecular weight is 534 g/mol. The van der Waals surface area contributed by atoms with E-state index in [1.807, 2.05) is 24.3 Å². The first-order valence-electron chi connectivity index (χ1n) is 10.7. The number of halogens is 3. The van der Waals surface area contributed by atoms with E-state index in [4.69, 9.17) is 15.2 Å². The molecule has 0 aliphatic heterocycles. The van der Waals surface area contributed by atoms with Crippen LogP contribution < -0.4 is 10.5 Å². The smallest absolute Gasteiger partial charge is 0.398 e. The maximum atomic E-state index is 12.4. The van der Waals surface area contributed by atoms with E-state index < -0.39 is 32.2 Å². The Balaban J connectivity index is 1.73. The first kappa shape index (κ1) is 27.3. The summed E-state index contributed by atoms with van der Waals surface area (Å²) in [7, 11) is -4.51. The molecule has 0 spiro atoms. The zero-order chi connectivity index (χ0) is 25.8. The lowest BCUT2D eigenvalue weighted by Crippen LogP contribution is -2.20. The zero-order valence-electron chi connectivity index (χ0n) is 19.4. The summed E-state index contributed by atoms with van der Waals surface area (Å²) in [5.74, 6) is 1.13. The van der Waals surface area contributed by atoms with E-state index in [-0.39, 0.29) is 12.5 Å². The third-order valence-electron chi connectivity index (χ3n) is 4.49. The third kappa shape index (κ3) is 8.38. The Kier molecular flexibility index (Phi) is 8.68. The number of aromatic nitrogens is 4. The highest BCUT2D eigenvalue weighted by Crippen LogP contribution is 2.45. The Morgan fingerprint density at radius 2 is 2.00 bits per heavy atom. The first-order chi connectivity index (χ1) is 16.3. The van der Waals surface area contributed by atoms with Crippen LogP contribution in [-0.2, 0) is 15.8 Å². The van der Waals surface area contributed by atoms with Crippen molar-refractivity contribution < 1.29 is 32.1 Å². The molecule has 0 amide bonds. The summed E-state index contributed by atoms with van der Waals surface area (Å²) in [4.78, 5) is 23.3. The molecule has 1 aromatic carbocycles. The predicted octanol–water partition coefficient (Wildman–Crippen LogP) is 4.79. The number of nitrogen functional groups attached to an aromatic ring is 1. The second-order valence-electron chi connectivity index (χ2n) is 8.46. The van der Waals surface area contributed by atoms with Crippen molar-refractivity contribution in [2.24, 2.45) is 5.92 Å². The fourth-order valence-corrected chi connectivity index (χ4v) is 5.10. The summed E-state index contributed by atoms with van der Waals surface area (Å²) in [6.07, 6.45) is -6.66. The van der Waals surface area contributed by atoms with Crippen molar-refractivity contribution in [2.75, 3.05) is 24.9 Å². The summed E-state index contributed by atoms with van der Waals surface area (Å²) >= 11 is 1.34. The van der Waals surface area contributed by atoms with Crippen LogP contribution in [0.25, 0.3) is 11.2 Å². The van der Waals surface area contributed by atoms with Gasteiger partial charge in [-0.25, -0.2) is 9.97 Å². The molecule has 2 atom stereocenters. The molecule has 0 radical (unpaired) electrons. The van der Waals surface area contributed by atoms with Gasteiger partial charge in [-0.3, -0.25) is 4.57 Å². The number of imidazole rings is 1. The zero-order valence-corrected chi connectivity index (χ0v) is 21.1. The van der Waals surface area contributed by atoms with Crippen LogP contribution >= 0.6 is 19.1 Å². The monoisotopic (exact) mass is 533 g/mol. The molecule has 0 bridgehead atoms. The topological polar surface area (TPSA) is 125 Å². The molecule has 2 unspecified atom stereocenters. The van der Waals surface area contributed by atoms with Crippen molar-refractivity contribution in [1.29, 1.82) is 0 Å². The third-order valence-corrected chi connectivity index (χ3v) is 6.87. The average Bonchev–Trinajstić information content (AvgIpc) is 3.12. The Hall–Kier alpha value is -2.34. The van der Waals surface area contributed by atoms with Gasteiger partial charge in [0.15, 0.2) is 5.65 Å². The van der Waals surface area contributed by atoms with Gasteiger partial charge in [-0.15, -0.1) is 0 Å². The van der Waals surface area contributed by atoms with Gasteiger partial charge in [0, 0.05) is 4.90 Å². The SMILES string of the molecule is CC(C)COc1cccc(Sc2nc(N)nc3c2ncn3CC(C)OCP(=O)(O)CC(F)(F)F)c1. The van der Waals surface area contributed by atoms with Crippen LogP contribution in [0.2, 0.25) is 0 Å². The van der Waals surface area contributed by atoms with Gasteiger partial charge in [-0.1, -0.05) is 31.7 Å². The van der Waals surface area contributed by atoms with Crippen molar-refractivity contribution in [3.63, 3.8) is 0 Å². The number of alkyl halides is 3. The lowest BCUT2D eigenvalue weighted by atomic mass is 10.2. The van der Waals surface area contributed by atoms with Gasteiger partial charge in [0.1, 0.15) is 28.8 Å². The maximum absolute atomic E-state index is 12.4. The molecule has 0 aliphatic rings. The summed E-state index contributed by atoms with van der Waals surface area (Å²) in [5.41, 5.74) is 6.80. The number of rotatable bonds is 11. The number of nitrogens with two attached hydrogens (primary N) is 1. The number of anilines is 1. The summed E-state index contributed by atoms with van der Waals surface area (Å²) in [5, 5.41) is 0.519. The molecular weight excluding hydrogens is 506 g/mol. The Bertz CT molecular complexity index is 1210. The van der Waals surface area contributed by atoms with E-state index in [0.717, 1.165) is 10.6 Å². The van der Waals surface area contributed by atoms with Crippen LogP contribution in [0.4, 0.5) is 19.1 Å². The quantitative estimate of drug-likeness (QED) is 0.264. The van der Waals surface area contributed by atoms with Crippen LogP contribution in [0.5, 0.6) is 5.75 Å². The standard InChI is InChI=1S/C21H27F3N5O4PS/c1-13(2)9-32-15-5-4-6-16(7-15)35-19-17-18(27-20(25)28-19)29(11-26-17)8-14(3)33-12-34(30,31)10-21(22,23)24/h4-7,11,13-14H,8-10,12H2,1-3H3,(H,30,31)(H2,25,27,28). The molecule has 0 saturated heterocycles. The molecule has 3 aromatic rings. The van der Waals surface area contributed by atoms with Crippen LogP contribution in [0, 0.1) is 5.92 Å². The molecule has 14 heteroatoms. The number of hydrogen-bond acceptors (Lipinski definition) is 8. The van der Waals surface area contributed by atoms with Gasteiger partial charge < -0.3 is 24.7 Å². The maximum Gasteiger partial charge on any atom is 0.398 e. The molecule has 2 aromatic heterocycles. The summed E-state index contributed by atoms with van der Waals surface area (Å²) in [6.45, 7) is 6.41. The van der Waals surface area contributed by atoms with Crippen molar-refractivity contribution in [1.82, 2.24) is 19.5 Å². The number of benzene rings is 1. The Morgan fingerprint density at radius 3 is 2.69 bits per heavy atom. The number of nitrogens with zero attached hydrogens (tertiary/aromatic N) is 4. The van der Waals surface area contributed by atoms with Gasteiger partial charge in [0.05, 0.1) is 25.6 Å². The molecule has 35 heavy (non-hydrogen) atoms. The molecule has 3 N–H and O–H groups in total. The number of ether oxygens (including phenoxy) is 2. The van der Waals surface area contributed by atoms with E-state index in [1.54, 1.807) is 11.5 Å². The summed E-state index contributed by atoms with van der Waals surface area (Å²) in [6, 6.07) is 7.53. The molecule has 9 nitrogen and oxygen atoms in total. The van der Waals surface area contributed by atoms with Crippen molar-refractivity contribution in [3.05, 3.63) is 30.6 Å². The first-order valence-corrected chi connectivity index (χ1v) is 13.5. The highest BCUT2D eigenvalue weighted by Gasteiger charge is 2.38. The van der Waals surface area contributed by atoms with E-state index in [2.05, 4.69) is 28.8 Å². The molecular formula is C21H27F3N5O4PS. The lowest BCUT2D eigenvalue weighted by molar-refractivity contribution is -0.108. The highest BCUT2D eigenvalue weighted by molar-refractivity contribution is 7.99. The fourth-order valence-electron chi connectivity index (χ4n) is 3.04.